The lowest BCUT2D eigenvalue weighted by Gasteiger charge is -2.19. The third-order valence-electron chi connectivity index (χ3n) is 7.49. The molecule has 2 aliphatic carbocycles. The summed E-state index contributed by atoms with van der Waals surface area (Å²) in [5, 5.41) is 0. The fourth-order valence-electron chi connectivity index (χ4n) is 5.62. The van der Waals surface area contributed by atoms with Crippen LogP contribution >= 0.6 is 0 Å². The van der Waals surface area contributed by atoms with Crippen LogP contribution in [0.15, 0.2) is 109 Å². The molecule has 0 unspecified atom stereocenters. The van der Waals surface area contributed by atoms with E-state index in [9.17, 15) is 0 Å². The quantitative estimate of drug-likeness (QED) is 0.262. The molecule has 0 bridgehead atoms. The van der Waals surface area contributed by atoms with E-state index in [2.05, 4.69) is 179 Å². The smallest absolute Gasteiger partial charge is 0.00854 e. The highest BCUT2D eigenvalue weighted by Crippen LogP contribution is 2.36. The van der Waals surface area contributed by atoms with Crippen molar-refractivity contribution in [3.05, 3.63) is 137 Å². The highest BCUT2D eigenvalue weighted by atomic mass is 14.2. The summed E-state index contributed by atoms with van der Waals surface area (Å²) in [6, 6.07) is 28.2. The van der Waals surface area contributed by atoms with Crippen molar-refractivity contribution in [1.82, 2.24) is 0 Å². The molecule has 0 aliphatic heterocycles. The zero-order valence-electron chi connectivity index (χ0n) is 30.7. The van der Waals surface area contributed by atoms with Gasteiger partial charge in [0.05, 0.1) is 0 Å². The average molecular weight is 605 g/mol. The van der Waals surface area contributed by atoms with Crippen molar-refractivity contribution in [3.8, 4) is 0 Å². The van der Waals surface area contributed by atoms with Crippen LogP contribution in [0.2, 0.25) is 0 Å². The Morgan fingerprint density at radius 2 is 1.13 bits per heavy atom. The Labute approximate surface area is 278 Å². The molecule has 45 heavy (non-hydrogen) atoms. The second-order valence-electron chi connectivity index (χ2n) is 16.1. The van der Waals surface area contributed by atoms with Gasteiger partial charge in [0.15, 0.2) is 0 Å². The van der Waals surface area contributed by atoms with Crippen molar-refractivity contribution < 1.29 is 0 Å². The molecular weight excluding hydrogens is 540 g/mol. The van der Waals surface area contributed by atoms with Crippen LogP contribution < -0.4 is 0 Å². The first kappa shape index (κ1) is 38.1. The number of fused-ring (bicyclic) bond motifs is 1. The lowest BCUT2D eigenvalue weighted by Crippen LogP contribution is -2.05. The summed E-state index contributed by atoms with van der Waals surface area (Å²) in [6.45, 7) is 24.8. The highest BCUT2D eigenvalue weighted by Gasteiger charge is 2.19. The topological polar surface area (TPSA) is 0 Å². The Kier molecular flexibility index (Phi) is 15.9. The second-order valence-corrected chi connectivity index (χ2v) is 16.1. The summed E-state index contributed by atoms with van der Waals surface area (Å²) in [7, 11) is 0. The van der Waals surface area contributed by atoms with Crippen molar-refractivity contribution in [1.29, 1.82) is 0 Å². The van der Waals surface area contributed by atoms with E-state index < -0.39 is 0 Å². The Morgan fingerprint density at radius 3 is 1.64 bits per heavy atom. The van der Waals surface area contributed by atoms with E-state index in [1.165, 1.54) is 64.6 Å². The summed E-state index contributed by atoms with van der Waals surface area (Å²) >= 11 is 0. The Morgan fingerprint density at radius 1 is 0.600 bits per heavy atom. The molecule has 0 N–H and O–H groups in total. The molecule has 0 spiro atoms. The third-order valence-corrected chi connectivity index (χ3v) is 7.49. The Bertz CT molecular complexity index is 1330. The molecule has 0 saturated heterocycles. The van der Waals surface area contributed by atoms with Crippen molar-refractivity contribution >= 4 is 5.57 Å². The third kappa shape index (κ3) is 17.2. The molecular formula is C45H64. The minimum absolute atomic E-state index is 0.392. The fraction of sp³-hybridized carbons (Fsp3) is 0.467. The van der Waals surface area contributed by atoms with Gasteiger partial charge in [0.1, 0.15) is 0 Å². The van der Waals surface area contributed by atoms with Crippen molar-refractivity contribution in [2.24, 2.45) is 22.7 Å². The van der Waals surface area contributed by atoms with E-state index in [-0.39, 0.29) is 0 Å². The zero-order chi connectivity index (χ0) is 33.5. The highest BCUT2D eigenvalue weighted by molar-refractivity contribution is 5.73. The van der Waals surface area contributed by atoms with Gasteiger partial charge in [-0.15, -0.1) is 0 Å². The molecule has 5 rings (SSSR count). The maximum absolute atomic E-state index is 2.38. The summed E-state index contributed by atoms with van der Waals surface area (Å²) in [5.74, 6) is 1.53. The van der Waals surface area contributed by atoms with E-state index in [0.29, 0.717) is 10.8 Å². The summed E-state index contributed by atoms with van der Waals surface area (Å²) in [5.41, 5.74) is 11.1. The van der Waals surface area contributed by atoms with Crippen LogP contribution in [0.1, 0.15) is 116 Å². The molecule has 0 heterocycles. The standard InChI is InChI=1S/C14H18.C11H16.C10H16.C10H14/c1-14(2,3)10-12-9-8-11-6-4-5-7-13(11)12;1-9(2)8-11-6-4-10(3)5-7-11;1-10(2,3)8-9-6-4-5-7-9;1-9(2)8-10-6-4-3-5-7-10/h4-7,9H,8,10H2,1-3H3;4-7,9H,8H2,1-3H3;4,6-7H,5,8H2,1-3H3;3-7,9H,8H2,1-2H3. The fourth-order valence-corrected chi connectivity index (χ4v) is 5.62. The molecule has 3 aromatic rings. The maximum atomic E-state index is 2.38. The van der Waals surface area contributed by atoms with Gasteiger partial charge < -0.3 is 0 Å². The van der Waals surface area contributed by atoms with Gasteiger partial charge >= 0.3 is 0 Å². The minimum Gasteiger partial charge on any atom is -0.0805 e. The van der Waals surface area contributed by atoms with Gasteiger partial charge in [-0.2, -0.15) is 0 Å². The van der Waals surface area contributed by atoms with Crippen LogP contribution in [0.4, 0.5) is 0 Å². The normalized spacial score (nSPS) is 13.5. The first-order chi connectivity index (χ1) is 21.1. The largest absolute Gasteiger partial charge is 0.0805 e. The number of aryl methyl sites for hydroxylation is 1. The lowest BCUT2D eigenvalue weighted by molar-refractivity contribution is 0.413. The molecule has 2 aliphatic rings. The van der Waals surface area contributed by atoms with Crippen LogP contribution in [-0.4, -0.2) is 0 Å². The van der Waals surface area contributed by atoms with Crippen molar-refractivity contribution in [3.63, 3.8) is 0 Å². The monoisotopic (exact) mass is 605 g/mol. The number of rotatable bonds is 6. The molecule has 244 valence electrons. The lowest BCUT2D eigenvalue weighted by atomic mass is 9.86. The number of benzene rings is 3. The van der Waals surface area contributed by atoms with E-state index in [0.717, 1.165) is 24.7 Å². The molecule has 3 aromatic carbocycles. The first-order valence-corrected chi connectivity index (χ1v) is 17.3. The first-order valence-electron chi connectivity index (χ1n) is 17.3. The van der Waals surface area contributed by atoms with Crippen molar-refractivity contribution in [2.75, 3.05) is 0 Å². The minimum atomic E-state index is 0.392. The predicted molar refractivity (Wildman–Crippen MR) is 203 cm³/mol. The van der Waals surface area contributed by atoms with Crippen molar-refractivity contribution in [2.45, 2.75) is 115 Å². The summed E-state index contributed by atoms with van der Waals surface area (Å²) in [6.07, 6.45) is 16.2. The maximum Gasteiger partial charge on any atom is -0.00854 e. The summed E-state index contributed by atoms with van der Waals surface area (Å²) < 4.78 is 0. The second kappa shape index (κ2) is 18.8. The van der Waals surface area contributed by atoms with Crippen LogP contribution in [0.25, 0.3) is 5.57 Å². The Balaban J connectivity index is 0.000000211. The van der Waals surface area contributed by atoms with Crippen LogP contribution in [0.3, 0.4) is 0 Å². The van der Waals surface area contributed by atoms with E-state index in [4.69, 9.17) is 0 Å². The van der Waals surface area contributed by atoms with Gasteiger partial charge in [-0.1, -0.05) is 184 Å². The predicted octanol–water partition coefficient (Wildman–Crippen LogP) is 13.4. The van der Waals surface area contributed by atoms with Gasteiger partial charge in [-0.3, -0.25) is 0 Å². The molecule has 0 nitrogen and oxygen atoms in total. The molecule has 0 heteroatoms. The van der Waals surface area contributed by atoms with E-state index >= 15 is 0 Å². The SMILES string of the molecule is CC(C)(C)CC1=CCC=C1.CC(C)(C)CC1=CCc2ccccc21.CC(C)Cc1ccccc1.Cc1ccc(CC(C)C)cc1. The van der Waals surface area contributed by atoms with Gasteiger partial charge in [0, 0.05) is 0 Å². The zero-order valence-corrected chi connectivity index (χ0v) is 30.7. The molecule has 0 amide bonds. The molecule has 0 fully saturated rings. The van der Waals surface area contributed by atoms with Crippen LogP contribution in [-0.2, 0) is 19.3 Å². The van der Waals surface area contributed by atoms with Gasteiger partial charge in [-0.25, -0.2) is 0 Å². The van der Waals surface area contributed by atoms with Gasteiger partial charge in [-0.05, 0) is 95.9 Å². The average Bonchev–Trinajstić information content (AvgIpc) is 3.59. The molecule has 0 atom stereocenters. The van der Waals surface area contributed by atoms with Crippen LogP contribution in [0.5, 0.6) is 0 Å². The molecule has 0 radical (unpaired) electrons. The van der Waals surface area contributed by atoms with E-state index in [1.54, 1.807) is 0 Å². The number of hydrogen-bond donors (Lipinski definition) is 0. The Hall–Kier alpha value is -3.12. The molecule has 0 saturated carbocycles. The van der Waals surface area contributed by atoms with Gasteiger partial charge in [0.25, 0.3) is 0 Å². The summed E-state index contributed by atoms with van der Waals surface area (Å²) in [4.78, 5) is 0. The number of allylic oxidation sites excluding steroid dienone is 6. The van der Waals surface area contributed by atoms with E-state index in [1.807, 2.05) is 0 Å². The molecule has 0 aromatic heterocycles. The van der Waals surface area contributed by atoms with Gasteiger partial charge in [0.2, 0.25) is 0 Å². The number of hydrogen-bond acceptors (Lipinski definition) is 0. The van der Waals surface area contributed by atoms with Crippen LogP contribution in [0, 0.1) is 29.6 Å².